The molecule has 0 amide bonds. The van der Waals surface area contributed by atoms with Crippen LogP contribution >= 0.6 is 0 Å². The highest BCUT2D eigenvalue weighted by molar-refractivity contribution is 5.20. The molecule has 1 heterocycles. The van der Waals surface area contributed by atoms with E-state index in [0.717, 1.165) is 0 Å². The SMILES string of the molecule is NC(O)C(c1cccc(F)c1)[N+]1([O-])CCNCC1. The second-order valence-corrected chi connectivity index (χ2v) is 4.64. The van der Waals surface area contributed by atoms with Crippen molar-refractivity contribution in [3.63, 3.8) is 0 Å². The summed E-state index contributed by atoms with van der Waals surface area (Å²) in [5, 5.41) is 25.5. The Morgan fingerprint density at radius 1 is 1.39 bits per heavy atom. The topological polar surface area (TPSA) is 81.3 Å². The molecule has 2 atom stereocenters. The summed E-state index contributed by atoms with van der Waals surface area (Å²) < 4.78 is 12.6. The first-order valence-electron chi connectivity index (χ1n) is 6.00. The van der Waals surface area contributed by atoms with Gasteiger partial charge in [0.15, 0.2) is 12.3 Å². The molecular formula is C12H18FN3O2. The van der Waals surface area contributed by atoms with Gasteiger partial charge in [0, 0.05) is 18.7 Å². The van der Waals surface area contributed by atoms with Crippen LogP contribution in [0.2, 0.25) is 0 Å². The van der Waals surface area contributed by atoms with Gasteiger partial charge in [-0.25, -0.2) is 4.39 Å². The van der Waals surface area contributed by atoms with Crippen LogP contribution in [0.15, 0.2) is 24.3 Å². The quantitative estimate of drug-likeness (QED) is 0.405. The third-order valence-electron chi connectivity index (χ3n) is 3.35. The van der Waals surface area contributed by atoms with Gasteiger partial charge in [0.05, 0.1) is 13.1 Å². The highest BCUT2D eigenvalue weighted by Crippen LogP contribution is 2.30. The number of hydrogen-bond acceptors (Lipinski definition) is 4. The van der Waals surface area contributed by atoms with Crippen molar-refractivity contribution in [2.24, 2.45) is 5.73 Å². The van der Waals surface area contributed by atoms with E-state index in [1.54, 1.807) is 6.07 Å². The highest BCUT2D eigenvalue weighted by Gasteiger charge is 2.36. The summed E-state index contributed by atoms with van der Waals surface area (Å²) in [7, 11) is 0. The molecular weight excluding hydrogens is 237 g/mol. The highest BCUT2D eigenvalue weighted by atomic mass is 19.1. The first kappa shape index (κ1) is 13.4. The van der Waals surface area contributed by atoms with E-state index in [9.17, 15) is 14.7 Å². The van der Waals surface area contributed by atoms with Crippen molar-refractivity contribution < 1.29 is 14.1 Å². The normalized spacial score (nSPS) is 22.4. The van der Waals surface area contributed by atoms with Gasteiger partial charge in [-0.05, 0) is 12.1 Å². The van der Waals surface area contributed by atoms with E-state index in [4.69, 9.17) is 5.73 Å². The molecule has 1 aromatic rings. The fourth-order valence-corrected chi connectivity index (χ4v) is 2.49. The Morgan fingerprint density at radius 3 is 2.61 bits per heavy atom. The zero-order valence-electron chi connectivity index (χ0n) is 10.1. The number of piperazine rings is 1. The summed E-state index contributed by atoms with van der Waals surface area (Å²) in [4.78, 5) is 0. The van der Waals surface area contributed by atoms with Crippen LogP contribution in [0.5, 0.6) is 0 Å². The van der Waals surface area contributed by atoms with Gasteiger partial charge in [0.1, 0.15) is 5.82 Å². The molecule has 1 fully saturated rings. The number of rotatable bonds is 3. The number of nitrogens with one attached hydrogen (secondary N) is 1. The lowest BCUT2D eigenvalue weighted by Gasteiger charge is -2.51. The minimum absolute atomic E-state index is 0.315. The summed E-state index contributed by atoms with van der Waals surface area (Å²) in [6.45, 7) is 1.77. The van der Waals surface area contributed by atoms with Crippen molar-refractivity contribution in [1.29, 1.82) is 0 Å². The van der Waals surface area contributed by atoms with Gasteiger partial charge < -0.3 is 26.0 Å². The first-order valence-corrected chi connectivity index (χ1v) is 6.00. The van der Waals surface area contributed by atoms with E-state index in [1.165, 1.54) is 18.2 Å². The molecule has 1 aromatic carbocycles. The number of halogens is 1. The third-order valence-corrected chi connectivity index (χ3v) is 3.35. The van der Waals surface area contributed by atoms with Gasteiger partial charge in [-0.2, -0.15) is 0 Å². The van der Waals surface area contributed by atoms with E-state index in [2.05, 4.69) is 5.32 Å². The average Bonchev–Trinajstić information content (AvgIpc) is 2.29. The van der Waals surface area contributed by atoms with Gasteiger partial charge in [-0.3, -0.25) is 0 Å². The summed E-state index contributed by atoms with van der Waals surface area (Å²) in [5.41, 5.74) is 5.98. The smallest absolute Gasteiger partial charge is 0.159 e. The van der Waals surface area contributed by atoms with Crippen LogP contribution in [-0.4, -0.2) is 42.2 Å². The molecule has 0 spiro atoms. The Hall–Kier alpha value is -1.05. The first-order chi connectivity index (χ1) is 8.53. The Bertz CT molecular complexity index is 408. The van der Waals surface area contributed by atoms with Crippen LogP contribution in [-0.2, 0) is 0 Å². The van der Waals surface area contributed by atoms with E-state index in [1.807, 2.05) is 0 Å². The van der Waals surface area contributed by atoms with E-state index in [0.29, 0.717) is 31.7 Å². The minimum atomic E-state index is -1.30. The van der Waals surface area contributed by atoms with Crippen LogP contribution in [0.25, 0.3) is 0 Å². The number of aliphatic hydroxyl groups excluding tert-OH is 1. The Labute approximate surface area is 105 Å². The van der Waals surface area contributed by atoms with Gasteiger partial charge in [0.25, 0.3) is 0 Å². The molecule has 1 saturated heterocycles. The van der Waals surface area contributed by atoms with Crippen LogP contribution in [0.4, 0.5) is 4.39 Å². The summed E-state index contributed by atoms with van der Waals surface area (Å²) in [6.07, 6.45) is -1.30. The summed E-state index contributed by atoms with van der Waals surface area (Å²) in [6, 6.07) is 4.87. The molecule has 2 rings (SSSR count). The van der Waals surface area contributed by atoms with Crippen LogP contribution in [0, 0.1) is 11.0 Å². The predicted molar refractivity (Wildman–Crippen MR) is 65.6 cm³/mol. The third kappa shape index (κ3) is 2.68. The maximum Gasteiger partial charge on any atom is 0.159 e. The lowest BCUT2D eigenvalue weighted by atomic mass is 10.0. The lowest BCUT2D eigenvalue weighted by Crippen LogP contribution is -2.60. The van der Waals surface area contributed by atoms with Gasteiger partial charge in [-0.15, -0.1) is 0 Å². The van der Waals surface area contributed by atoms with Crippen LogP contribution < -0.4 is 11.1 Å². The van der Waals surface area contributed by atoms with Crippen LogP contribution in [0.1, 0.15) is 11.6 Å². The molecule has 0 bridgehead atoms. The monoisotopic (exact) mass is 255 g/mol. The van der Waals surface area contributed by atoms with Crippen molar-refractivity contribution >= 4 is 0 Å². The Balaban J connectivity index is 2.33. The zero-order valence-corrected chi connectivity index (χ0v) is 10.1. The van der Waals surface area contributed by atoms with Gasteiger partial charge in [-0.1, -0.05) is 12.1 Å². The number of hydrogen-bond donors (Lipinski definition) is 3. The Morgan fingerprint density at radius 2 is 2.06 bits per heavy atom. The molecule has 0 radical (unpaired) electrons. The fraction of sp³-hybridized carbons (Fsp3) is 0.500. The van der Waals surface area contributed by atoms with Crippen LogP contribution in [0.3, 0.4) is 0 Å². The zero-order chi connectivity index (χ0) is 13.2. The number of hydroxylamine groups is 3. The number of aliphatic hydroxyl groups is 1. The summed E-state index contributed by atoms with van der Waals surface area (Å²) >= 11 is 0. The molecule has 6 heteroatoms. The number of nitrogens with two attached hydrogens (primary N) is 1. The summed E-state index contributed by atoms with van der Waals surface area (Å²) in [5.74, 6) is -0.431. The van der Waals surface area contributed by atoms with Crippen molar-refractivity contribution in [2.75, 3.05) is 26.2 Å². The molecule has 1 aliphatic rings. The number of quaternary nitrogens is 1. The fourth-order valence-electron chi connectivity index (χ4n) is 2.49. The van der Waals surface area contributed by atoms with Crippen molar-refractivity contribution in [1.82, 2.24) is 5.32 Å². The Kier molecular flexibility index (Phi) is 3.94. The van der Waals surface area contributed by atoms with Crippen molar-refractivity contribution in [3.05, 3.63) is 40.9 Å². The largest absolute Gasteiger partial charge is 0.632 e. The second-order valence-electron chi connectivity index (χ2n) is 4.64. The number of benzene rings is 1. The second kappa shape index (κ2) is 5.29. The van der Waals surface area contributed by atoms with E-state index in [-0.39, 0.29) is 0 Å². The molecule has 0 aliphatic carbocycles. The minimum Gasteiger partial charge on any atom is -0.632 e. The molecule has 4 N–H and O–H groups in total. The molecule has 0 aromatic heterocycles. The predicted octanol–water partition coefficient (Wildman–Crippen LogP) is 0.0617. The molecule has 5 nitrogen and oxygen atoms in total. The van der Waals surface area contributed by atoms with Gasteiger partial charge in [0.2, 0.25) is 0 Å². The molecule has 100 valence electrons. The molecule has 18 heavy (non-hydrogen) atoms. The maximum atomic E-state index is 13.2. The van der Waals surface area contributed by atoms with Gasteiger partial charge >= 0.3 is 0 Å². The number of nitrogens with zero attached hydrogens (tertiary/aromatic N) is 1. The lowest BCUT2D eigenvalue weighted by molar-refractivity contribution is -0.917. The molecule has 0 saturated carbocycles. The molecule has 1 aliphatic heterocycles. The maximum absolute atomic E-state index is 13.2. The van der Waals surface area contributed by atoms with E-state index < -0.39 is 22.7 Å². The van der Waals surface area contributed by atoms with Crippen molar-refractivity contribution in [2.45, 2.75) is 12.3 Å². The average molecular weight is 255 g/mol. The van der Waals surface area contributed by atoms with E-state index >= 15 is 0 Å². The standard InChI is InChI=1S/C12H18FN3O2/c13-10-3-1-2-9(8-10)11(12(14)17)16(18)6-4-15-5-7-16/h1-3,8,11-12,15,17H,4-7,14H2. The van der Waals surface area contributed by atoms with Crippen molar-refractivity contribution in [3.8, 4) is 0 Å². The molecule has 2 unspecified atom stereocenters.